The molecule has 0 amide bonds. The van der Waals surface area contributed by atoms with E-state index in [1.54, 1.807) is 14.2 Å². The molecule has 1 aromatic rings. The molecule has 0 saturated carbocycles. The molecule has 1 atom stereocenters. The first-order valence-corrected chi connectivity index (χ1v) is 7.60. The van der Waals surface area contributed by atoms with Crippen molar-refractivity contribution in [1.82, 2.24) is 5.32 Å². The van der Waals surface area contributed by atoms with E-state index < -0.39 is 0 Å². The lowest BCUT2D eigenvalue weighted by Gasteiger charge is -2.20. The minimum absolute atomic E-state index is 0.0402. The van der Waals surface area contributed by atoms with Gasteiger partial charge in [0.15, 0.2) is 0 Å². The summed E-state index contributed by atoms with van der Waals surface area (Å²) in [4.78, 5) is 0. The van der Waals surface area contributed by atoms with E-state index in [0.29, 0.717) is 6.61 Å². The average molecular weight is 397 g/mol. The predicted molar refractivity (Wildman–Crippen MR) is 83.2 cm³/mol. The molecule has 108 valence electrons. The Kier molecular flexibility index (Phi) is 7.75. The molecule has 0 fully saturated rings. The van der Waals surface area contributed by atoms with Crippen LogP contribution in [0.1, 0.15) is 6.92 Å². The van der Waals surface area contributed by atoms with Gasteiger partial charge >= 0.3 is 0 Å². The van der Waals surface area contributed by atoms with Gasteiger partial charge in [-0.3, -0.25) is 0 Å². The molecule has 0 saturated heterocycles. The van der Waals surface area contributed by atoms with Crippen LogP contribution in [-0.2, 0) is 4.74 Å². The number of hydrogen-bond donors (Lipinski definition) is 1. The summed E-state index contributed by atoms with van der Waals surface area (Å²) < 4.78 is 18.1. The Labute approximate surface area is 131 Å². The highest BCUT2D eigenvalue weighted by Gasteiger charge is 2.14. The predicted octanol–water partition coefficient (Wildman–Crippen LogP) is 3.22. The van der Waals surface area contributed by atoms with Crippen LogP contribution in [0.25, 0.3) is 0 Å². The van der Waals surface area contributed by atoms with Crippen molar-refractivity contribution in [2.45, 2.75) is 13.0 Å². The minimum Gasteiger partial charge on any atom is -0.496 e. The van der Waals surface area contributed by atoms with Crippen LogP contribution < -0.4 is 14.8 Å². The zero-order valence-corrected chi connectivity index (χ0v) is 14.5. The number of hydrogen-bond acceptors (Lipinski definition) is 4. The highest BCUT2D eigenvalue weighted by molar-refractivity contribution is 9.11. The average Bonchev–Trinajstić information content (AvgIpc) is 2.39. The number of benzene rings is 1. The molecule has 0 heterocycles. The van der Waals surface area contributed by atoms with Crippen molar-refractivity contribution in [2.24, 2.45) is 0 Å². The Morgan fingerprint density at radius 3 is 2.37 bits per heavy atom. The monoisotopic (exact) mass is 395 g/mol. The molecule has 0 bridgehead atoms. The summed E-state index contributed by atoms with van der Waals surface area (Å²) in [7, 11) is 3.30. The molecule has 0 spiro atoms. The normalized spacial score (nSPS) is 12.3. The van der Waals surface area contributed by atoms with Gasteiger partial charge in [-0.1, -0.05) is 6.92 Å². The van der Waals surface area contributed by atoms with Crippen LogP contribution in [-0.4, -0.2) is 40.0 Å². The molecule has 19 heavy (non-hydrogen) atoms. The number of nitrogens with one attached hydrogen (secondary N) is 1. The third-order valence-corrected chi connectivity index (χ3v) is 3.71. The first kappa shape index (κ1) is 16.8. The summed E-state index contributed by atoms with van der Waals surface area (Å²) in [5, 5.41) is 3.25. The van der Waals surface area contributed by atoms with E-state index in [4.69, 9.17) is 14.2 Å². The summed E-state index contributed by atoms with van der Waals surface area (Å²) in [5.74, 6) is 1.52. The number of ether oxygens (including phenoxy) is 3. The van der Waals surface area contributed by atoms with E-state index >= 15 is 0 Å². The fourth-order valence-electron chi connectivity index (χ4n) is 1.56. The van der Waals surface area contributed by atoms with E-state index in [-0.39, 0.29) is 6.10 Å². The maximum Gasteiger partial charge on any atom is 0.135 e. The fourth-order valence-corrected chi connectivity index (χ4v) is 2.46. The molecular weight excluding hydrogens is 378 g/mol. The third kappa shape index (κ3) is 5.30. The first-order chi connectivity index (χ1) is 9.12. The van der Waals surface area contributed by atoms with E-state index in [1.165, 1.54) is 0 Å². The Hall–Kier alpha value is -0.300. The Balaban J connectivity index is 2.80. The van der Waals surface area contributed by atoms with Crippen LogP contribution >= 0.6 is 31.9 Å². The van der Waals surface area contributed by atoms with Gasteiger partial charge in [0.2, 0.25) is 0 Å². The van der Waals surface area contributed by atoms with Crippen molar-refractivity contribution in [3.63, 3.8) is 0 Å². The molecular formula is C13H19Br2NO3. The molecule has 1 rings (SSSR count). The molecule has 0 aliphatic rings. The Bertz CT molecular complexity index is 402. The van der Waals surface area contributed by atoms with E-state index in [9.17, 15) is 0 Å². The number of methoxy groups -OCH3 is 2. The highest BCUT2D eigenvalue weighted by atomic mass is 79.9. The van der Waals surface area contributed by atoms with Crippen molar-refractivity contribution >= 4 is 31.9 Å². The van der Waals surface area contributed by atoms with Gasteiger partial charge in [-0.05, 0) is 50.5 Å². The van der Waals surface area contributed by atoms with Crippen molar-refractivity contribution in [1.29, 1.82) is 0 Å². The lowest BCUT2D eigenvalue weighted by atomic mass is 10.3. The van der Waals surface area contributed by atoms with Crippen LogP contribution in [0.5, 0.6) is 11.5 Å². The van der Waals surface area contributed by atoms with Gasteiger partial charge < -0.3 is 19.5 Å². The molecule has 4 nitrogen and oxygen atoms in total. The summed E-state index contributed by atoms with van der Waals surface area (Å²) in [6.45, 7) is 4.23. The van der Waals surface area contributed by atoms with Gasteiger partial charge in [0.25, 0.3) is 0 Å². The van der Waals surface area contributed by atoms with Crippen molar-refractivity contribution in [2.75, 3.05) is 33.9 Å². The lowest BCUT2D eigenvalue weighted by molar-refractivity contribution is 0.0804. The van der Waals surface area contributed by atoms with Gasteiger partial charge in [-0.25, -0.2) is 0 Å². The van der Waals surface area contributed by atoms with Gasteiger partial charge in [-0.2, -0.15) is 0 Å². The largest absolute Gasteiger partial charge is 0.496 e. The van der Waals surface area contributed by atoms with Crippen LogP contribution in [0, 0.1) is 0 Å². The van der Waals surface area contributed by atoms with Crippen LogP contribution in [0.3, 0.4) is 0 Å². The van der Waals surface area contributed by atoms with E-state index in [0.717, 1.165) is 33.5 Å². The van der Waals surface area contributed by atoms with Crippen molar-refractivity contribution in [3.8, 4) is 11.5 Å². The van der Waals surface area contributed by atoms with E-state index in [1.807, 2.05) is 12.1 Å². The van der Waals surface area contributed by atoms with Gasteiger partial charge in [0, 0.05) is 13.7 Å². The van der Waals surface area contributed by atoms with Gasteiger partial charge in [0.1, 0.15) is 17.6 Å². The topological polar surface area (TPSA) is 39.7 Å². The summed E-state index contributed by atoms with van der Waals surface area (Å²) in [6, 6.07) is 3.76. The van der Waals surface area contributed by atoms with Gasteiger partial charge in [-0.15, -0.1) is 0 Å². The fraction of sp³-hybridized carbons (Fsp3) is 0.538. The molecule has 0 radical (unpaired) electrons. The number of likely N-dealkylation sites (N-methyl/N-ethyl adjacent to an activating group) is 1. The van der Waals surface area contributed by atoms with Gasteiger partial charge in [0.05, 0.1) is 22.7 Å². The lowest BCUT2D eigenvalue weighted by Crippen LogP contribution is -2.34. The maximum absolute atomic E-state index is 5.95. The van der Waals surface area contributed by atoms with Crippen molar-refractivity contribution in [3.05, 3.63) is 21.1 Å². The van der Waals surface area contributed by atoms with E-state index in [2.05, 4.69) is 44.1 Å². The summed E-state index contributed by atoms with van der Waals surface area (Å²) in [5.41, 5.74) is 0. The highest BCUT2D eigenvalue weighted by Crippen LogP contribution is 2.36. The standard InChI is InChI=1S/C13H19Br2NO3/c1-4-16-7-9(8-17-2)19-13-6-10(14)12(18-3)5-11(13)15/h5-6,9,16H,4,7-8H2,1-3H3. The first-order valence-electron chi connectivity index (χ1n) is 6.01. The third-order valence-electron chi connectivity index (χ3n) is 2.47. The number of rotatable bonds is 8. The SMILES string of the molecule is CCNCC(COC)Oc1cc(Br)c(OC)cc1Br. The van der Waals surface area contributed by atoms with Crippen LogP contribution in [0.4, 0.5) is 0 Å². The molecule has 1 N–H and O–H groups in total. The van der Waals surface area contributed by atoms with Crippen LogP contribution in [0.15, 0.2) is 21.1 Å². The molecule has 0 aliphatic carbocycles. The Morgan fingerprint density at radius 2 is 1.79 bits per heavy atom. The summed E-state index contributed by atoms with van der Waals surface area (Å²) in [6.07, 6.45) is -0.0402. The molecule has 1 unspecified atom stereocenters. The number of halogens is 2. The van der Waals surface area contributed by atoms with Crippen molar-refractivity contribution < 1.29 is 14.2 Å². The molecule has 0 aliphatic heterocycles. The smallest absolute Gasteiger partial charge is 0.135 e. The quantitative estimate of drug-likeness (QED) is 0.732. The molecule has 1 aromatic carbocycles. The maximum atomic E-state index is 5.95. The zero-order chi connectivity index (χ0) is 14.3. The molecule has 0 aromatic heterocycles. The zero-order valence-electron chi connectivity index (χ0n) is 11.3. The minimum atomic E-state index is -0.0402. The Morgan fingerprint density at radius 1 is 1.16 bits per heavy atom. The summed E-state index contributed by atoms with van der Waals surface area (Å²) >= 11 is 6.93. The second kappa shape index (κ2) is 8.79. The molecule has 6 heteroatoms. The second-order valence-corrected chi connectivity index (χ2v) is 5.63. The van der Waals surface area contributed by atoms with Crippen LogP contribution in [0.2, 0.25) is 0 Å². The second-order valence-electron chi connectivity index (χ2n) is 3.92.